The molecule has 0 saturated carbocycles. The molecule has 1 unspecified atom stereocenters. The van der Waals surface area contributed by atoms with Crippen LogP contribution in [0.4, 0.5) is 17.1 Å². The Hall–Kier alpha value is -2.78. The lowest BCUT2D eigenvalue weighted by Gasteiger charge is -2.36. The molecule has 1 saturated heterocycles. The Morgan fingerprint density at radius 1 is 1.03 bits per heavy atom. The summed E-state index contributed by atoms with van der Waals surface area (Å²) in [7, 11) is 2.17. The summed E-state index contributed by atoms with van der Waals surface area (Å²) >= 11 is 7.53. The smallest absolute Gasteiger partial charge is 0.271 e. The number of thiophene rings is 1. The summed E-state index contributed by atoms with van der Waals surface area (Å²) in [6.45, 7) is 6.47. The van der Waals surface area contributed by atoms with Gasteiger partial charge in [-0.25, -0.2) is 0 Å². The van der Waals surface area contributed by atoms with Crippen molar-refractivity contribution in [2.24, 2.45) is 0 Å². The van der Waals surface area contributed by atoms with Gasteiger partial charge in [0, 0.05) is 48.3 Å². The topological polar surface area (TPSA) is 60.1 Å². The SMILES string of the molecule is CN1CCN(CC2CNc3cc(N4CNc5cc(-c6ccc(Cl)cc6)sc5C4=O)ccc3O2)CC1. The first-order chi connectivity index (χ1) is 17.0. The van der Waals surface area contributed by atoms with Gasteiger partial charge in [-0.05, 0) is 49.0 Å². The number of nitrogens with one attached hydrogen (secondary N) is 2. The average molecular weight is 510 g/mol. The third kappa shape index (κ3) is 4.59. The lowest BCUT2D eigenvalue weighted by atomic mass is 10.1. The highest BCUT2D eigenvalue weighted by atomic mass is 35.5. The third-order valence-corrected chi connectivity index (χ3v) is 8.30. The summed E-state index contributed by atoms with van der Waals surface area (Å²) in [6, 6.07) is 15.7. The molecule has 3 aliphatic rings. The molecular formula is C26H28ClN5O2S. The lowest BCUT2D eigenvalue weighted by Crippen LogP contribution is -2.49. The van der Waals surface area contributed by atoms with Gasteiger partial charge in [-0.1, -0.05) is 23.7 Å². The Balaban J connectivity index is 1.16. The quantitative estimate of drug-likeness (QED) is 0.539. The van der Waals surface area contributed by atoms with E-state index >= 15 is 0 Å². The van der Waals surface area contributed by atoms with Crippen LogP contribution in [0.5, 0.6) is 5.75 Å². The van der Waals surface area contributed by atoms with E-state index in [1.165, 1.54) is 11.3 Å². The Morgan fingerprint density at radius 3 is 2.63 bits per heavy atom. The van der Waals surface area contributed by atoms with Crippen LogP contribution in [0.15, 0.2) is 48.5 Å². The molecule has 2 aromatic carbocycles. The Morgan fingerprint density at radius 2 is 1.83 bits per heavy atom. The molecule has 9 heteroatoms. The standard InChI is InChI=1S/C26H28ClN5O2S/c1-30-8-10-31(11-9-30)15-20-14-28-21-12-19(6-7-23(21)34-20)32-16-29-22-13-24(35-25(22)26(32)33)17-2-4-18(27)5-3-17/h2-7,12-13,20,28-29H,8-11,14-16H2,1H3. The molecule has 182 valence electrons. The highest BCUT2D eigenvalue weighted by Gasteiger charge is 2.30. The second-order valence-corrected chi connectivity index (χ2v) is 10.8. The van der Waals surface area contributed by atoms with E-state index in [4.69, 9.17) is 16.3 Å². The first-order valence-corrected chi connectivity index (χ1v) is 13.1. The summed E-state index contributed by atoms with van der Waals surface area (Å²) < 4.78 is 6.30. The van der Waals surface area contributed by atoms with Crippen molar-refractivity contribution < 1.29 is 9.53 Å². The van der Waals surface area contributed by atoms with Gasteiger partial charge >= 0.3 is 0 Å². The molecule has 3 aromatic rings. The number of hydrogen-bond acceptors (Lipinski definition) is 7. The van der Waals surface area contributed by atoms with Crippen LogP contribution in [0, 0.1) is 0 Å². The minimum atomic E-state index is 0.00795. The highest BCUT2D eigenvalue weighted by molar-refractivity contribution is 7.18. The minimum Gasteiger partial charge on any atom is -0.485 e. The van der Waals surface area contributed by atoms with Crippen LogP contribution in [0.2, 0.25) is 5.02 Å². The van der Waals surface area contributed by atoms with Crippen LogP contribution in [0.25, 0.3) is 10.4 Å². The monoisotopic (exact) mass is 509 g/mol. The number of hydrogen-bond donors (Lipinski definition) is 2. The number of nitrogens with zero attached hydrogens (tertiary/aromatic N) is 3. The van der Waals surface area contributed by atoms with Crippen LogP contribution >= 0.6 is 22.9 Å². The van der Waals surface area contributed by atoms with Crippen LogP contribution < -0.4 is 20.3 Å². The van der Waals surface area contributed by atoms with Crippen LogP contribution in [-0.4, -0.2) is 74.8 Å². The number of amides is 1. The van der Waals surface area contributed by atoms with E-state index in [1.807, 2.05) is 48.5 Å². The number of carbonyl (C=O) groups is 1. The molecular weight excluding hydrogens is 482 g/mol. The van der Waals surface area contributed by atoms with E-state index in [9.17, 15) is 4.79 Å². The largest absolute Gasteiger partial charge is 0.485 e. The number of carbonyl (C=O) groups excluding carboxylic acids is 1. The summed E-state index contributed by atoms with van der Waals surface area (Å²) in [5.74, 6) is 0.854. The maximum absolute atomic E-state index is 13.4. The zero-order valence-corrected chi connectivity index (χ0v) is 21.2. The van der Waals surface area contributed by atoms with Crippen molar-refractivity contribution >= 4 is 45.9 Å². The molecule has 7 nitrogen and oxygen atoms in total. The number of rotatable bonds is 4. The van der Waals surface area contributed by atoms with Crippen molar-refractivity contribution in [1.29, 1.82) is 0 Å². The second kappa shape index (κ2) is 9.35. The fourth-order valence-electron chi connectivity index (χ4n) is 4.80. The number of fused-ring (bicyclic) bond motifs is 2. The van der Waals surface area contributed by atoms with Crippen molar-refractivity contribution in [1.82, 2.24) is 9.80 Å². The molecule has 1 aromatic heterocycles. The molecule has 0 aliphatic carbocycles. The predicted molar refractivity (Wildman–Crippen MR) is 143 cm³/mol. The Labute approximate surface area is 214 Å². The number of benzene rings is 2. The van der Waals surface area contributed by atoms with Gasteiger partial charge in [0.2, 0.25) is 0 Å². The van der Waals surface area contributed by atoms with Crippen LogP contribution in [-0.2, 0) is 0 Å². The van der Waals surface area contributed by atoms with Crippen molar-refractivity contribution in [3.05, 3.63) is 58.4 Å². The van der Waals surface area contributed by atoms with E-state index in [2.05, 4.69) is 27.5 Å². The number of ether oxygens (including phenoxy) is 1. The summed E-state index contributed by atoms with van der Waals surface area (Å²) in [4.78, 5) is 21.8. The number of piperazine rings is 1. The van der Waals surface area contributed by atoms with Gasteiger partial charge in [0.25, 0.3) is 5.91 Å². The van der Waals surface area contributed by atoms with Gasteiger partial charge in [-0.15, -0.1) is 11.3 Å². The van der Waals surface area contributed by atoms with Crippen molar-refractivity contribution in [2.45, 2.75) is 6.10 Å². The molecule has 1 atom stereocenters. The number of halogens is 1. The summed E-state index contributed by atoms with van der Waals surface area (Å²) in [6.07, 6.45) is 0.120. The molecule has 6 rings (SSSR count). The molecule has 35 heavy (non-hydrogen) atoms. The Bertz CT molecular complexity index is 1240. The second-order valence-electron chi connectivity index (χ2n) is 9.33. The lowest BCUT2D eigenvalue weighted by molar-refractivity contribution is 0.0959. The van der Waals surface area contributed by atoms with E-state index < -0.39 is 0 Å². The number of likely N-dealkylation sites (N-methyl/N-ethyl adjacent to an activating group) is 1. The minimum absolute atomic E-state index is 0.00795. The van der Waals surface area contributed by atoms with E-state index in [1.54, 1.807) is 4.90 Å². The molecule has 0 radical (unpaired) electrons. The molecule has 0 spiro atoms. The third-order valence-electron chi connectivity index (χ3n) is 6.87. The fourth-order valence-corrected chi connectivity index (χ4v) is 6.01. The molecule has 1 fully saturated rings. The van der Waals surface area contributed by atoms with Gasteiger partial charge < -0.3 is 20.3 Å². The van der Waals surface area contributed by atoms with Crippen molar-refractivity contribution in [3.8, 4) is 16.2 Å². The van der Waals surface area contributed by atoms with E-state index in [0.717, 1.165) is 77.4 Å². The van der Waals surface area contributed by atoms with E-state index in [0.29, 0.717) is 11.7 Å². The van der Waals surface area contributed by atoms with Gasteiger partial charge in [0.15, 0.2) is 0 Å². The summed E-state index contributed by atoms with van der Waals surface area (Å²) in [5.41, 5.74) is 3.72. The first-order valence-electron chi connectivity index (χ1n) is 11.9. The summed E-state index contributed by atoms with van der Waals surface area (Å²) in [5, 5.41) is 7.63. The van der Waals surface area contributed by atoms with Crippen LogP contribution in [0.1, 0.15) is 9.67 Å². The number of anilines is 3. The van der Waals surface area contributed by atoms with Gasteiger partial charge in [-0.2, -0.15) is 0 Å². The normalized spacial score (nSPS) is 20.5. The highest BCUT2D eigenvalue weighted by Crippen LogP contribution is 2.40. The van der Waals surface area contributed by atoms with Gasteiger partial charge in [0.1, 0.15) is 16.7 Å². The predicted octanol–water partition coefficient (Wildman–Crippen LogP) is 4.52. The van der Waals surface area contributed by atoms with Gasteiger partial charge in [0.05, 0.1) is 24.6 Å². The Kier molecular flexibility index (Phi) is 6.06. The molecule has 0 bridgehead atoms. The molecule has 3 aliphatic heterocycles. The van der Waals surface area contributed by atoms with Crippen molar-refractivity contribution in [2.75, 3.05) is 68.5 Å². The maximum Gasteiger partial charge on any atom is 0.271 e. The van der Waals surface area contributed by atoms with Crippen LogP contribution in [0.3, 0.4) is 0 Å². The zero-order chi connectivity index (χ0) is 23.9. The maximum atomic E-state index is 13.4. The zero-order valence-electron chi connectivity index (χ0n) is 19.6. The average Bonchev–Trinajstić information content (AvgIpc) is 3.31. The van der Waals surface area contributed by atoms with E-state index in [-0.39, 0.29) is 12.0 Å². The van der Waals surface area contributed by atoms with Gasteiger partial charge in [-0.3, -0.25) is 14.6 Å². The molecule has 2 N–H and O–H groups in total. The molecule has 1 amide bonds. The first kappa shape index (κ1) is 22.7. The van der Waals surface area contributed by atoms with Crippen molar-refractivity contribution in [3.63, 3.8) is 0 Å². The fraction of sp³-hybridized carbons (Fsp3) is 0.346. The molecule has 4 heterocycles.